The molecule has 27 heavy (non-hydrogen) atoms. The zero-order chi connectivity index (χ0) is 18.8. The van der Waals surface area contributed by atoms with Crippen LogP contribution in [-0.2, 0) is 6.54 Å². The molecule has 1 aromatic rings. The first-order chi connectivity index (χ1) is 12.6. The number of nitrogens with one attached hydrogen (secondary N) is 3. The molecule has 1 fully saturated rings. The molecule has 0 saturated heterocycles. The minimum atomic E-state index is -0.158. The predicted octanol–water partition coefficient (Wildman–Crippen LogP) is 2.80. The van der Waals surface area contributed by atoms with E-state index in [1.807, 2.05) is 38.1 Å². The van der Waals surface area contributed by atoms with Gasteiger partial charge in [-0.15, -0.1) is 24.0 Å². The molecule has 2 rings (SSSR count). The van der Waals surface area contributed by atoms with Crippen molar-refractivity contribution in [2.24, 2.45) is 4.99 Å². The van der Waals surface area contributed by atoms with Crippen LogP contribution in [-0.4, -0.2) is 42.2 Å². The molecule has 1 aliphatic rings. The normalized spacial score (nSPS) is 19.7. The molecule has 1 saturated carbocycles. The highest BCUT2D eigenvalue weighted by atomic mass is 127. The number of benzene rings is 1. The van der Waals surface area contributed by atoms with Crippen LogP contribution in [0.4, 0.5) is 0 Å². The van der Waals surface area contributed by atoms with E-state index in [9.17, 15) is 9.90 Å². The Morgan fingerprint density at radius 3 is 2.59 bits per heavy atom. The van der Waals surface area contributed by atoms with Crippen LogP contribution in [0.1, 0.15) is 61.9 Å². The number of halogens is 1. The largest absolute Gasteiger partial charge is 0.393 e. The van der Waals surface area contributed by atoms with Crippen molar-refractivity contribution >= 4 is 35.8 Å². The number of carbonyl (C=O) groups excluding carboxylic acids is 1. The average Bonchev–Trinajstić information content (AvgIpc) is 2.66. The summed E-state index contributed by atoms with van der Waals surface area (Å²) in [6.07, 6.45) is 4.36. The number of carbonyl (C=O) groups is 1. The first kappa shape index (κ1) is 23.7. The van der Waals surface area contributed by atoms with Gasteiger partial charge in [0.2, 0.25) is 0 Å². The molecule has 1 aliphatic carbocycles. The summed E-state index contributed by atoms with van der Waals surface area (Å²) in [4.78, 5) is 16.8. The summed E-state index contributed by atoms with van der Waals surface area (Å²) in [6, 6.07) is 7.96. The number of rotatable bonds is 7. The van der Waals surface area contributed by atoms with E-state index in [2.05, 4.69) is 20.9 Å². The standard InChI is InChI=1S/C20H32N4O2.HI/c1-3-12-22-19(26)16-7-5-6-15(13-16)14-23-20(21-4-2)24-17-8-10-18(25)11-9-17;/h5-7,13,17-18,25H,3-4,8-12,14H2,1-2H3,(H,22,26)(H2,21,23,24);1H. The highest BCUT2D eigenvalue weighted by molar-refractivity contribution is 14.0. The molecule has 1 amide bonds. The Morgan fingerprint density at radius 1 is 1.19 bits per heavy atom. The van der Waals surface area contributed by atoms with E-state index in [4.69, 9.17) is 0 Å². The number of aliphatic imine (C=N–C) groups is 1. The second kappa shape index (κ2) is 12.9. The van der Waals surface area contributed by atoms with Crippen molar-refractivity contribution in [3.8, 4) is 0 Å². The average molecular weight is 488 g/mol. The molecule has 7 heteroatoms. The van der Waals surface area contributed by atoms with E-state index in [0.29, 0.717) is 24.7 Å². The minimum Gasteiger partial charge on any atom is -0.393 e. The first-order valence-corrected chi connectivity index (χ1v) is 9.72. The maximum absolute atomic E-state index is 12.1. The lowest BCUT2D eigenvalue weighted by atomic mass is 9.93. The van der Waals surface area contributed by atoms with Crippen LogP contribution in [0.2, 0.25) is 0 Å². The molecule has 0 unspecified atom stereocenters. The number of nitrogens with zero attached hydrogens (tertiary/aromatic N) is 1. The molecular formula is C20H33IN4O2. The molecule has 0 bridgehead atoms. The lowest BCUT2D eigenvalue weighted by Gasteiger charge is -2.27. The van der Waals surface area contributed by atoms with Gasteiger partial charge in [-0.1, -0.05) is 19.1 Å². The second-order valence-corrected chi connectivity index (χ2v) is 6.80. The maximum atomic E-state index is 12.1. The number of hydrogen-bond donors (Lipinski definition) is 4. The van der Waals surface area contributed by atoms with Crippen LogP contribution in [0.5, 0.6) is 0 Å². The molecule has 4 N–H and O–H groups in total. The summed E-state index contributed by atoms with van der Waals surface area (Å²) in [5, 5.41) is 19.3. The van der Waals surface area contributed by atoms with Crippen molar-refractivity contribution in [2.45, 2.75) is 64.6 Å². The molecule has 0 spiro atoms. The van der Waals surface area contributed by atoms with Gasteiger partial charge in [0.1, 0.15) is 0 Å². The molecule has 152 valence electrons. The first-order valence-electron chi connectivity index (χ1n) is 9.72. The molecule has 0 atom stereocenters. The van der Waals surface area contributed by atoms with Gasteiger partial charge in [0.15, 0.2) is 5.96 Å². The summed E-state index contributed by atoms with van der Waals surface area (Å²) in [6.45, 7) is 6.07. The van der Waals surface area contributed by atoms with Gasteiger partial charge in [-0.2, -0.15) is 0 Å². The Labute approximate surface area is 179 Å². The molecule has 0 aromatic heterocycles. The molecule has 1 aromatic carbocycles. The molecule has 6 nitrogen and oxygen atoms in total. The van der Waals surface area contributed by atoms with Crippen LogP contribution in [0.25, 0.3) is 0 Å². The number of hydrogen-bond acceptors (Lipinski definition) is 3. The minimum absolute atomic E-state index is 0. The smallest absolute Gasteiger partial charge is 0.251 e. The van der Waals surface area contributed by atoms with E-state index in [1.165, 1.54) is 0 Å². The Morgan fingerprint density at radius 2 is 1.93 bits per heavy atom. The van der Waals surface area contributed by atoms with Gasteiger partial charge < -0.3 is 21.1 Å². The van der Waals surface area contributed by atoms with Gasteiger partial charge in [-0.25, -0.2) is 4.99 Å². The van der Waals surface area contributed by atoms with Crippen LogP contribution >= 0.6 is 24.0 Å². The fourth-order valence-corrected chi connectivity index (χ4v) is 3.06. The molecule has 0 heterocycles. The number of amides is 1. The van der Waals surface area contributed by atoms with Gasteiger partial charge in [0, 0.05) is 24.7 Å². The van der Waals surface area contributed by atoms with Crippen molar-refractivity contribution in [2.75, 3.05) is 13.1 Å². The number of aliphatic hydroxyl groups excluding tert-OH is 1. The van der Waals surface area contributed by atoms with Gasteiger partial charge in [-0.3, -0.25) is 4.79 Å². The van der Waals surface area contributed by atoms with E-state index < -0.39 is 0 Å². The summed E-state index contributed by atoms with van der Waals surface area (Å²) in [5.41, 5.74) is 1.68. The summed E-state index contributed by atoms with van der Waals surface area (Å²) >= 11 is 0. The third kappa shape index (κ3) is 8.47. The second-order valence-electron chi connectivity index (χ2n) is 6.80. The van der Waals surface area contributed by atoms with E-state index >= 15 is 0 Å². The fourth-order valence-electron chi connectivity index (χ4n) is 3.06. The highest BCUT2D eigenvalue weighted by Crippen LogP contribution is 2.18. The Bertz CT molecular complexity index is 601. The lowest BCUT2D eigenvalue weighted by molar-refractivity contribution is 0.0953. The zero-order valence-corrected chi connectivity index (χ0v) is 18.7. The Hall–Kier alpha value is -1.35. The van der Waals surface area contributed by atoms with Gasteiger partial charge >= 0.3 is 0 Å². The van der Waals surface area contributed by atoms with Crippen LogP contribution in [0, 0.1) is 0 Å². The topological polar surface area (TPSA) is 85.8 Å². The van der Waals surface area contributed by atoms with Crippen molar-refractivity contribution in [3.63, 3.8) is 0 Å². The fraction of sp³-hybridized carbons (Fsp3) is 0.600. The lowest BCUT2D eigenvalue weighted by Crippen LogP contribution is -2.45. The van der Waals surface area contributed by atoms with Gasteiger partial charge in [0.05, 0.1) is 12.6 Å². The van der Waals surface area contributed by atoms with E-state index in [1.54, 1.807) is 0 Å². The van der Waals surface area contributed by atoms with Crippen molar-refractivity contribution < 1.29 is 9.90 Å². The number of aliphatic hydroxyl groups is 1. The van der Waals surface area contributed by atoms with Gasteiger partial charge in [-0.05, 0) is 56.7 Å². The summed E-state index contributed by atoms with van der Waals surface area (Å²) < 4.78 is 0. The third-order valence-corrected chi connectivity index (χ3v) is 4.53. The van der Waals surface area contributed by atoms with E-state index in [0.717, 1.165) is 50.2 Å². The highest BCUT2D eigenvalue weighted by Gasteiger charge is 2.19. The van der Waals surface area contributed by atoms with Crippen molar-refractivity contribution in [3.05, 3.63) is 35.4 Å². The molecule has 0 aliphatic heterocycles. The van der Waals surface area contributed by atoms with Crippen LogP contribution < -0.4 is 16.0 Å². The summed E-state index contributed by atoms with van der Waals surface area (Å²) in [7, 11) is 0. The quantitative estimate of drug-likeness (QED) is 0.270. The SMILES string of the molecule is CCCNC(=O)c1cccc(CN=C(NCC)NC2CCC(O)CC2)c1.I. The van der Waals surface area contributed by atoms with Crippen LogP contribution in [0.15, 0.2) is 29.3 Å². The zero-order valence-electron chi connectivity index (χ0n) is 16.3. The molecule has 0 radical (unpaired) electrons. The maximum Gasteiger partial charge on any atom is 0.251 e. The van der Waals surface area contributed by atoms with E-state index in [-0.39, 0.29) is 36.0 Å². The monoisotopic (exact) mass is 488 g/mol. The van der Waals surface area contributed by atoms with Crippen molar-refractivity contribution in [1.29, 1.82) is 0 Å². The third-order valence-electron chi connectivity index (χ3n) is 4.53. The number of guanidine groups is 1. The predicted molar refractivity (Wildman–Crippen MR) is 121 cm³/mol. The van der Waals surface area contributed by atoms with Crippen molar-refractivity contribution in [1.82, 2.24) is 16.0 Å². The summed E-state index contributed by atoms with van der Waals surface area (Å²) in [5.74, 6) is 0.748. The molecular weight excluding hydrogens is 455 g/mol. The van der Waals surface area contributed by atoms with Gasteiger partial charge in [0.25, 0.3) is 5.91 Å². The van der Waals surface area contributed by atoms with Crippen LogP contribution in [0.3, 0.4) is 0 Å². The Kier molecular flexibility index (Phi) is 11.3. The Balaban J connectivity index is 0.00000364.